The molecular formula is C50H68N12O15S2. The van der Waals surface area contributed by atoms with Gasteiger partial charge in [0.05, 0.1) is 58.4 Å². The van der Waals surface area contributed by atoms with E-state index >= 15 is 0 Å². The highest BCUT2D eigenvalue weighted by Crippen LogP contribution is 2.34. The number of piperazine rings is 2. The van der Waals surface area contributed by atoms with E-state index in [4.69, 9.17) is 39.9 Å². The van der Waals surface area contributed by atoms with Crippen LogP contribution in [-0.4, -0.2) is 198 Å². The quantitative estimate of drug-likeness (QED) is 0.0675. The monoisotopic (exact) mass is 1140 g/mol. The zero-order chi connectivity index (χ0) is 58.1. The maximum Gasteiger partial charge on any atom is 0.336 e. The van der Waals surface area contributed by atoms with E-state index in [9.17, 15) is 40.8 Å². The smallest absolute Gasteiger partial charge is 0.336 e. The Kier molecular flexibility index (Phi) is 19.9. The summed E-state index contributed by atoms with van der Waals surface area (Å²) >= 11 is 0. The minimum atomic E-state index is -3.70. The lowest BCUT2D eigenvalue weighted by Crippen LogP contribution is -2.47. The van der Waals surface area contributed by atoms with E-state index in [0.717, 1.165) is 24.2 Å². The number of likely N-dealkylation sites (N-methyl/N-ethyl adjacent to an activating group) is 2. The molecule has 2 aliphatic rings. The fraction of sp³-hybridized carbons (Fsp3) is 0.500. The number of nitrogens with zero attached hydrogens (tertiary/aromatic N) is 10. The van der Waals surface area contributed by atoms with Crippen molar-refractivity contribution in [2.24, 2.45) is 14.1 Å². The molecule has 0 aliphatic carbocycles. The second-order valence-electron chi connectivity index (χ2n) is 18.9. The Labute approximate surface area is 455 Å². The maximum atomic E-state index is 13.3. The predicted octanol–water partition coefficient (Wildman–Crippen LogP) is 1.97. The number of aromatic amines is 2. The first-order chi connectivity index (χ1) is 37.3. The van der Waals surface area contributed by atoms with Crippen LogP contribution < -0.4 is 20.6 Å². The van der Waals surface area contributed by atoms with Crippen LogP contribution in [0.1, 0.15) is 64.8 Å². The topological polar surface area (TPSA) is 359 Å². The van der Waals surface area contributed by atoms with E-state index in [1.165, 1.54) is 18.0 Å². The van der Waals surface area contributed by atoms with Crippen molar-refractivity contribution in [2.75, 3.05) is 79.7 Å². The number of aliphatic hydroxyl groups is 1. The number of benzene rings is 2. The van der Waals surface area contributed by atoms with Crippen molar-refractivity contribution < 1.29 is 61.1 Å². The summed E-state index contributed by atoms with van der Waals surface area (Å²) < 4.78 is 70.9. The van der Waals surface area contributed by atoms with Gasteiger partial charge < -0.3 is 49.7 Å². The maximum absolute atomic E-state index is 13.3. The Morgan fingerprint density at radius 3 is 1.25 bits per heavy atom. The molecule has 430 valence electrons. The number of ether oxygens (including phenoxy) is 2. The van der Waals surface area contributed by atoms with Gasteiger partial charge in [-0.1, -0.05) is 26.7 Å². The first kappa shape index (κ1) is 61.1. The van der Waals surface area contributed by atoms with Gasteiger partial charge in [0.15, 0.2) is 16.6 Å². The van der Waals surface area contributed by atoms with Gasteiger partial charge in [-0.15, -0.1) is 0 Å². The third kappa shape index (κ3) is 14.0. The van der Waals surface area contributed by atoms with Crippen molar-refractivity contribution in [1.82, 2.24) is 57.9 Å². The summed E-state index contributed by atoms with van der Waals surface area (Å²) in [7, 11) is -0.0166. The largest absolute Gasteiger partial charge is 0.493 e. The Bertz CT molecular complexity index is 3320. The van der Waals surface area contributed by atoms with Gasteiger partial charge in [0.25, 0.3) is 11.1 Å². The molecule has 0 atom stereocenters. The van der Waals surface area contributed by atoms with Crippen molar-refractivity contribution in [1.29, 1.82) is 0 Å². The van der Waals surface area contributed by atoms with Crippen molar-refractivity contribution in [2.45, 2.75) is 81.6 Å². The molecule has 4 aromatic heterocycles. The summed E-state index contributed by atoms with van der Waals surface area (Å²) in [6, 6.07) is 9.43. The summed E-state index contributed by atoms with van der Waals surface area (Å²) in [5.74, 6) is -3.58. The van der Waals surface area contributed by atoms with Crippen LogP contribution in [0.2, 0.25) is 0 Å². The number of hydrogen-bond acceptors (Lipinski definition) is 18. The Morgan fingerprint density at radius 1 is 0.595 bits per heavy atom. The van der Waals surface area contributed by atoms with Crippen molar-refractivity contribution in [3.8, 4) is 34.3 Å². The third-order valence-corrected chi connectivity index (χ3v) is 16.8. The third-order valence-electron chi connectivity index (χ3n) is 13.0. The van der Waals surface area contributed by atoms with Gasteiger partial charge in [-0.3, -0.25) is 28.5 Å². The summed E-state index contributed by atoms with van der Waals surface area (Å²) in [4.78, 5) is 75.8. The van der Waals surface area contributed by atoms with Gasteiger partial charge in [0.1, 0.15) is 34.2 Å². The molecule has 0 bridgehead atoms. The highest BCUT2D eigenvalue weighted by molar-refractivity contribution is 7.89. The van der Waals surface area contributed by atoms with Crippen molar-refractivity contribution in [3.63, 3.8) is 0 Å². The van der Waals surface area contributed by atoms with Crippen molar-refractivity contribution in [3.05, 3.63) is 68.5 Å². The molecule has 0 amide bonds. The number of nitrogens with one attached hydrogen (secondary N) is 2. The number of carbonyl (C=O) groups is 3. The zero-order valence-corrected chi connectivity index (χ0v) is 47.0. The molecule has 0 unspecified atom stereocenters. The molecule has 8 rings (SSSR count). The molecule has 6 N–H and O–H groups in total. The Balaban J connectivity index is 0.000000210. The predicted molar refractivity (Wildman–Crippen MR) is 289 cm³/mol. The van der Waals surface area contributed by atoms with Crippen LogP contribution >= 0.6 is 0 Å². The SMILES string of the molecule is CCCc1nn(C)c2c(=O)[nH]c(-c3cc(S(=O)(=O)N4CCN(C)CC4)ccc3OCC)nc12.CCCc1nn(C)c2c(=O)[nH]c(-c3cc(S(=O)(=O)N4CCN(C)CC4)ccc3OCC)nc12.O=C(O)CC(O)(CC(=O)O)C(=O)O. The van der Waals surface area contributed by atoms with Gasteiger partial charge in [0, 0.05) is 66.5 Å². The molecule has 0 radical (unpaired) electrons. The lowest BCUT2D eigenvalue weighted by atomic mass is 9.96. The summed E-state index contributed by atoms with van der Waals surface area (Å²) in [5, 5.41) is 42.7. The minimum absolute atomic E-state index is 0.147. The van der Waals surface area contributed by atoms with Gasteiger partial charge >= 0.3 is 17.9 Å². The normalized spacial score (nSPS) is 15.1. The van der Waals surface area contributed by atoms with E-state index in [-0.39, 0.29) is 32.6 Å². The second kappa shape index (κ2) is 25.8. The van der Waals surface area contributed by atoms with Crippen molar-refractivity contribution >= 4 is 60.0 Å². The van der Waals surface area contributed by atoms with Crippen LogP contribution in [0, 0.1) is 0 Å². The van der Waals surface area contributed by atoms with E-state index in [1.807, 2.05) is 41.8 Å². The van der Waals surface area contributed by atoms with Gasteiger partial charge in [-0.05, 0) is 77.2 Å². The van der Waals surface area contributed by atoms with Crippen LogP contribution in [0.25, 0.3) is 44.8 Å². The van der Waals surface area contributed by atoms with Crippen LogP contribution in [0.5, 0.6) is 11.5 Å². The first-order valence-electron chi connectivity index (χ1n) is 25.5. The fourth-order valence-electron chi connectivity index (χ4n) is 8.90. The number of fused-ring (bicyclic) bond motifs is 2. The van der Waals surface area contributed by atoms with E-state index < -0.39 is 56.4 Å². The highest BCUT2D eigenvalue weighted by atomic mass is 32.2. The zero-order valence-electron chi connectivity index (χ0n) is 45.3. The number of carboxylic acids is 3. The first-order valence-corrected chi connectivity index (χ1v) is 28.4. The molecule has 2 aromatic carbocycles. The van der Waals surface area contributed by atoms with E-state index in [1.54, 1.807) is 50.5 Å². The average molecular weight is 1140 g/mol. The molecule has 0 saturated carbocycles. The van der Waals surface area contributed by atoms with Gasteiger partial charge in [-0.2, -0.15) is 18.8 Å². The molecular weight excluding hydrogens is 1070 g/mol. The Hall–Kier alpha value is -7.15. The van der Waals surface area contributed by atoms with Gasteiger partial charge in [0.2, 0.25) is 20.0 Å². The number of aryl methyl sites for hydroxylation is 4. The number of rotatable bonds is 19. The summed E-state index contributed by atoms with van der Waals surface area (Å²) in [5.41, 5.74) is 0.753. The summed E-state index contributed by atoms with van der Waals surface area (Å²) in [6.45, 7) is 13.0. The molecule has 0 spiro atoms. The van der Waals surface area contributed by atoms with Crippen LogP contribution in [0.4, 0.5) is 0 Å². The number of sulfonamides is 2. The van der Waals surface area contributed by atoms with Crippen LogP contribution in [-0.2, 0) is 61.4 Å². The van der Waals surface area contributed by atoms with Gasteiger partial charge in [-0.25, -0.2) is 31.6 Å². The lowest BCUT2D eigenvalue weighted by molar-refractivity contribution is -0.170. The summed E-state index contributed by atoms with van der Waals surface area (Å²) in [6.07, 6.45) is 0.799. The molecule has 27 nitrogen and oxygen atoms in total. The molecule has 29 heteroatoms. The average Bonchev–Trinajstić information content (AvgIpc) is 4.01. The minimum Gasteiger partial charge on any atom is -0.493 e. The highest BCUT2D eigenvalue weighted by Gasteiger charge is 2.41. The molecule has 6 heterocycles. The number of aliphatic carboxylic acids is 3. The lowest BCUT2D eigenvalue weighted by Gasteiger charge is -2.31. The Morgan fingerprint density at radius 2 is 0.949 bits per heavy atom. The molecule has 2 saturated heterocycles. The molecule has 6 aromatic rings. The number of H-pyrrole nitrogens is 2. The van der Waals surface area contributed by atoms with Crippen LogP contribution in [0.3, 0.4) is 0 Å². The number of aromatic nitrogens is 8. The molecule has 2 fully saturated rings. The molecule has 79 heavy (non-hydrogen) atoms. The van der Waals surface area contributed by atoms with Crippen LogP contribution in [0.15, 0.2) is 55.8 Å². The van der Waals surface area contributed by atoms with E-state index in [2.05, 4.69) is 30.0 Å². The van der Waals surface area contributed by atoms with E-state index in [0.29, 0.717) is 123 Å². The second-order valence-corrected chi connectivity index (χ2v) is 22.8. The standard InChI is InChI=1S/2C22H30N6O4S.C6H8O7/c2*1-5-7-17-19-20(27(4)25-17)22(29)24-21(23-19)16-14-15(8-9-18(16)32-6-2)33(30,31)28-12-10-26(3)11-13-28;7-3(8)1-6(13,5(11)12)2-4(9)10/h2*8-9,14H,5-7,10-13H2,1-4H3,(H,23,24,29);13H,1-2H2,(H,7,8)(H,9,10)(H,11,12). The number of carboxylic acid groups (broad SMARTS) is 3. The fourth-order valence-corrected chi connectivity index (χ4v) is 11.8. The molecule has 2 aliphatic heterocycles. The number of hydrogen-bond donors (Lipinski definition) is 6.